The summed E-state index contributed by atoms with van der Waals surface area (Å²) in [5, 5.41) is 9.71. The van der Waals surface area contributed by atoms with E-state index in [0.717, 1.165) is 45.3 Å². The van der Waals surface area contributed by atoms with Gasteiger partial charge in [0.1, 0.15) is 0 Å². The van der Waals surface area contributed by atoms with Crippen molar-refractivity contribution in [2.75, 3.05) is 26.2 Å². The Balaban J connectivity index is 1.58. The summed E-state index contributed by atoms with van der Waals surface area (Å²) in [5.41, 5.74) is 0.688. The molecule has 2 amide bonds. The van der Waals surface area contributed by atoms with E-state index in [9.17, 15) is 14.7 Å². The molecular weight excluding hydrogens is 316 g/mol. The number of aliphatic hydroxyl groups is 1. The van der Waals surface area contributed by atoms with Crippen LogP contribution in [0.1, 0.15) is 43.0 Å². The number of carbonyl (C=O) groups excluding carboxylic acids is 2. The predicted octanol–water partition coefficient (Wildman–Crippen LogP) is 2.16. The van der Waals surface area contributed by atoms with Gasteiger partial charge < -0.3 is 14.9 Å². The zero-order chi connectivity index (χ0) is 17.8. The van der Waals surface area contributed by atoms with Crippen LogP contribution in [-0.2, 0) is 4.79 Å². The summed E-state index contributed by atoms with van der Waals surface area (Å²) < 4.78 is 0. The van der Waals surface area contributed by atoms with Crippen molar-refractivity contribution in [2.45, 2.75) is 38.7 Å². The Morgan fingerprint density at radius 2 is 1.72 bits per heavy atom. The highest BCUT2D eigenvalue weighted by atomic mass is 16.3. The topological polar surface area (TPSA) is 60.9 Å². The molecule has 2 atom stereocenters. The van der Waals surface area contributed by atoms with E-state index in [-0.39, 0.29) is 23.8 Å². The minimum Gasteiger partial charge on any atom is -0.393 e. The number of piperidine rings is 2. The van der Waals surface area contributed by atoms with Crippen molar-refractivity contribution < 1.29 is 14.7 Å². The van der Waals surface area contributed by atoms with Crippen molar-refractivity contribution in [3.63, 3.8) is 0 Å². The van der Waals surface area contributed by atoms with E-state index in [1.165, 1.54) is 0 Å². The number of hydrogen-bond acceptors (Lipinski definition) is 3. The Morgan fingerprint density at radius 3 is 2.36 bits per heavy atom. The highest BCUT2D eigenvalue weighted by Gasteiger charge is 2.33. The van der Waals surface area contributed by atoms with Gasteiger partial charge in [-0.15, -0.1) is 0 Å². The largest absolute Gasteiger partial charge is 0.393 e. The molecule has 0 radical (unpaired) electrons. The Hall–Kier alpha value is -1.88. The molecule has 2 aliphatic heterocycles. The van der Waals surface area contributed by atoms with Crippen LogP contribution in [-0.4, -0.2) is 59.0 Å². The van der Waals surface area contributed by atoms with Crippen molar-refractivity contribution in [1.82, 2.24) is 9.80 Å². The fourth-order valence-electron chi connectivity index (χ4n) is 3.99. The molecule has 2 fully saturated rings. The SMILES string of the molecule is CC(O)C1CCN(C(=O)C2CCCN(C(=O)c3ccccc3)C2)CC1. The number of rotatable bonds is 3. The first kappa shape index (κ1) is 17.9. The molecule has 25 heavy (non-hydrogen) atoms. The summed E-state index contributed by atoms with van der Waals surface area (Å²) in [7, 11) is 0. The van der Waals surface area contributed by atoms with Crippen LogP contribution in [0.3, 0.4) is 0 Å². The number of hydrogen-bond donors (Lipinski definition) is 1. The van der Waals surface area contributed by atoms with E-state index in [4.69, 9.17) is 0 Å². The summed E-state index contributed by atoms with van der Waals surface area (Å²) in [6.07, 6.45) is 3.16. The zero-order valence-electron chi connectivity index (χ0n) is 14.9. The molecule has 3 rings (SSSR count). The molecule has 2 heterocycles. The van der Waals surface area contributed by atoms with E-state index in [0.29, 0.717) is 18.0 Å². The molecule has 136 valence electrons. The molecule has 5 nitrogen and oxygen atoms in total. The number of likely N-dealkylation sites (tertiary alicyclic amines) is 2. The standard InChI is InChI=1S/C20H28N2O3/c1-15(23)16-9-12-21(13-10-16)20(25)18-8-5-11-22(14-18)19(24)17-6-3-2-4-7-17/h2-4,6-7,15-16,18,23H,5,8-14H2,1H3. The van der Waals surface area contributed by atoms with Crippen LogP contribution in [0.15, 0.2) is 30.3 Å². The molecule has 1 aromatic rings. The van der Waals surface area contributed by atoms with E-state index >= 15 is 0 Å². The van der Waals surface area contributed by atoms with Crippen molar-refractivity contribution in [2.24, 2.45) is 11.8 Å². The summed E-state index contributed by atoms with van der Waals surface area (Å²) in [6, 6.07) is 9.29. The van der Waals surface area contributed by atoms with Gasteiger partial charge in [0, 0.05) is 31.7 Å². The van der Waals surface area contributed by atoms with Gasteiger partial charge in [-0.05, 0) is 50.7 Å². The van der Waals surface area contributed by atoms with Crippen LogP contribution < -0.4 is 0 Å². The number of aliphatic hydroxyl groups excluding tert-OH is 1. The maximum Gasteiger partial charge on any atom is 0.253 e. The summed E-state index contributed by atoms with van der Waals surface area (Å²) in [5.74, 6) is 0.400. The Labute approximate surface area is 149 Å². The van der Waals surface area contributed by atoms with Crippen LogP contribution in [0, 0.1) is 11.8 Å². The molecular formula is C20H28N2O3. The van der Waals surface area contributed by atoms with Gasteiger partial charge in [-0.2, -0.15) is 0 Å². The highest BCUT2D eigenvalue weighted by molar-refractivity contribution is 5.94. The normalized spacial score (nSPS) is 23.4. The average Bonchev–Trinajstić information content (AvgIpc) is 2.67. The van der Waals surface area contributed by atoms with Gasteiger partial charge in [0.2, 0.25) is 5.91 Å². The molecule has 1 aromatic carbocycles. The molecule has 0 aliphatic carbocycles. The Kier molecular flexibility index (Phi) is 5.74. The molecule has 1 N–H and O–H groups in total. The number of amides is 2. The van der Waals surface area contributed by atoms with Gasteiger partial charge >= 0.3 is 0 Å². The van der Waals surface area contributed by atoms with Crippen LogP contribution in [0.2, 0.25) is 0 Å². The lowest BCUT2D eigenvalue weighted by Gasteiger charge is -2.38. The van der Waals surface area contributed by atoms with Crippen LogP contribution >= 0.6 is 0 Å². The second-order valence-corrected chi connectivity index (χ2v) is 7.36. The predicted molar refractivity (Wildman–Crippen MR) is 96.1 cm³/mol. The number of benzene rings is 1. The third-order valence-corrected chi connectivity index (χ3v) is 5.61. The van der Waals surface area contributed by atoms with E-state index < -0.39 is 0 Å². The second kappa shape index (κ2) is 8.00. The first-order valence-corrected chi connectivity index (χ1v) is 9.37. The van der Waals surface area contributed by atoms with Crippen LogP contribution in [0.5, 0.6) is 0 Å². The highest BCUT2D eigenvalue weighted by Crippen LogP contribution is 2.25. The zero-order valence-corrected chi connectivity index (χ0v) is 14.9. The van der Waals surface area contributed by atoms with Crippen LogP contribution in [0.4, 0.5) is 0 Å². The maximum absolute atomic E-state index is 12.9. The molecule has 0 saturated carbocycles. The van der Waals surface area contributed by atoms with Gasteiger partial charge in [-0.1, -0.05) is 18.2 Å². The molecule has 0 spiro atoms. The maximum atomic E-state index is 12.9. The molecule has 0 bridgehead atoms. The van der Waals surface area contributed by atoms with Gasteiger partial charge in [0.15, 0.2) is 0 Å². The third-order valence-electron chi connectivity index (χ3n) is 5.61. The second-order valence-electron chi connectivity index (χ2n) is 7.36. The summed E-state index contributed by atoms with van der Waals surface area (Å²) >= 11 is 0. The summed E-state index contributed by atoms with van der Waals surface area (Å²) in [4.78, 5) is 29.2. The van der Waals surface area contributed by atoms with E-state index in [1.54, 1.807) is 0 Å². The molecule has 2 saturated heterocycles. The fourth-order valence-corrected chi connectivity index (χ4v) is 3.99. The van der Waals surface area contributed by atoms with Gasteiger partial charge in [-0.3, -0.25) is 9.59 Å². The van der Waals surface area contributed by atoms with Crippen molar-refractivity contribution in [3.05, 3.63) is 35.9 Å². The number of nitrogens with zero attached hydrogens (tertiary/aromatic N) is 2. The lowest BCUT2D eigenvalue weighted by Crippen LogP contribution is -2.49. The van der Waals surface area contributed by atoms with E-state index in [1.807, 2.05) is 47.1 Å². The van der Waals surface area contributed by atoms with Gasteiger partial charge in [0.05, 0.1) is 12.0 Å². The fraction of sp³-hybridized carbons (Fsp3) is 0.600. The smallest absolute Gasteiger partial charge is 0.253 e. The molecule has 2 unspecified atom stereocenters. The first-order chi connectivity index (χ1) is 12.1. The lowest BCUT2D eigenvalue weighted by atomic mass is 9.90. The van der Waals surface area contributed by atoms with Gasteiger partial charge in [-0.25, -0.2) is 0 Å². The quantitative estimate of drug-likeness (QED) is 0.914. The lowest BCUT2D eigenvalue weighted by molar-refractivity contribution is -0.138. The summed E-state index contributed by atoms with van der Waals surface area (Å²) in [6.45, 7) is 4.51. The third kappa shape index (κ3) is 4.21. The average molecular weight is 344 g/mol. The monoisotopic (exact) mass is 344 g/mol. The van der Waals surface area contributed by atoms with Crippen LogP contribution in [0.25, 0.3) is 0 Å². The Bertz CT molecular complexity index is 594. The van der Waals surface area contributed by atoms with Gasteiger partial charge in [0.25, 0.3) is 5.91 Å². The Morgan fingerprint density at radius 1 is 1.04 bits per heavy atom. The molecule has 0 aromatic heterocycles. The first-order valence-electron chi connectivity index (χ1n) is 9.37. The van der Waals surface area contributed by atoms with Crippen molar-refractivity contribution in [1.29, 1.82) is 0 Å². The minimum atomic E-state index is -0.300. The molecule has 2 aliphatic rings. The van der Waals surface area contributed by atoms with Crippen molar-refractivity contribution >= 4 is 11.8 Å². The molecule has 5 heteroatoms. The minimum absolute atomic E-state index is 0.0194. The number of carbonyl (C=O) groups is 2. The van der Waals surface area contributed by atoms with E-state index in [2.05, 4.69) is 0 Å². The van der Waals surface area contributed by atoms with Crippen molar-refractivity contribution in [3.8, 4) is 0 Å².